The highest BCUT2D eigenvalue weighted by Crippen LogP contribution is 2.23. The van der Waals surface area contributed by atoms with E-state index in [1.165, 1.54) is 23.5 Å². The third-order valence-electron chi connectivity index (χ3n) is 3.34. The average molecular weight is 399 g/mol. The minimum Gasteiger partial charge on any atom is -0.330 e. The first kappa shape index (κ1) is 19.7. The third kappa shape index (κ3) is 5.15. The van der Waals surface area contributed by atoms with Crippen LogP contribution in [0.15, 0.2) is 53.9 Å². The Kier molecular flexibility index (Phi) is 6.78. The van der Waals surface area contributed by atoms with Gasteiger partial charge in [-0.05, 0) is 30.3 Å². The number of nitrogens with one attached hydrogen (secondary N) is 1. The van der Waals surface area contributed by atoms with Crippen LogP contribution in [0.3, 0.4) is 0 Å². The van der Waals surface area contributed by atoms with Crippen molar-refractivity contribution in [1.82, 2.24) is 9.62 Å². The van der Waals surface area contributed by atoms with Crippen LogP contribution in [0.4, 0.5) is 0 Å². The van der Waals surface area contributed by atoms with E-state index in [0.717, 1.165) is 4.88 Å². The molecule has 25 heavy (non-hydrogen) atoms. The van der Waals surface area contributed by atoms with Gasteiger partial charge in [0.1, 0.15) is 0 Å². The number of amides is 1. The van der Waals surface area contributed by atoms with Gasteiger partial charge < -0.3 is 4.90 Å². The van der Waals surface area contributed by atoms with Crippen LogP contribution in [-0.4, -0.2) is 32.3 Å². The van der Waals surface area contributed by atoms with Gasteiger partial charge in [-0.25, -0.2) is 13.1 Å². The third-order valence-corrected chi connectivity index (χ3v) is 6.10. The molecule has 1 aromatic carbocycles. The highest BCUT2D eigenvalue weighted by Gasteiger charge is 2.19. The summed E-state index contributed by atoms with van der Waals surface area (Å²) < 4.78 is 27.3. The molecule has 8 heteroatoms. The van der Waals surface area contributed by atoms with Gasteiger partial charge in [0.15, 0.2) is 0 Å². The second-order valence-corrected chi connectivity index (χ2v) is 8.78. The van der Waals surface area contributed by atoms with Gasteiger partial charge in [-0.2, -0.15) is 0 Å². The van der Waals surface area contributed by atoms with Gasteiger partial charge in [0.25, 0.3) is 5.91 Å². The van der Waals surface area contributed by atoms with E-state index in [0.29, 0.717) is 23.0 Å². The molecule has 5 nitrogen and oxygen atoms in total. The summed E-state index contributed by atoms with van der Waals surface area (Å²) in [6, 6.07) is 9.66. The molecule has 0 atom stereocenters. The lowest BCUT2D eigenvalue weighted by Gasteiger charge is -2.21. The first-order valence-electron chi connectivity index (χ1n) is 7.61. The van der Waals surface area contributed by atoms with Crippen molar-refractivity contribution in [2.75, 3.05) is 13.1 Å². The van der Waals surface area contributed by atoms with Crippen LogP contribution in [0, 0.1) is 0 Å². The van der Waals surface area contributed by atoms with E-state index in [1.54, 1.807) is 36.1 Å². The Balaban J connectivity index is 2.28. The normalized spacial score (nSPS) is 11.3. The van der Waals surface area contributed by atoms with Crippen molar-refractivity contribution in [3.8, 4) is 0 Å². The summed E-state index contributed by atoms with van der Waals surface area (Å²) in [6.07, 6.45) is 1.63. The van der Waals surface area contributed by atoms with E-state index >= 15 is 0 Å². The lowest BCUT2D eigenvalue weighted by molar-refractivity contribution is 0.0764. The molecule has 134 valence electrons. The fourth-order valence-electron chi connectivity index (χ4n) is 2.25. The molecule has 0 saturated heterocycles. The number of rotatable bonds is 8. The maximum absolute atomic E-state index is 12.8. The predicted octanol–water partition coefficient (Wildman–Crippen LogP) is 3.53. The van der Waals surface area contributed by atoms with Crippen molar-refractivity contribution in [2.45, 2.75) is 18.4 Å². The van der Waals surface area contributed by atoms with E-state index < -0.39 is 10.0 Å². The second-order valence-electron chi connectivity index (χ2n) is 5.21. The smallest absolute Gasteiger partial charge is 0.254 e. The molecular formula is C17H19ClN2O3S2. The maximum atomic E-state index is 12.8. The zero-order valence-electron chi connectivity index (χ0n) is 13.7. The Morgan fingerprint density at radius 1 is 1.36 bits per heavy atom. The maximum Gasteiger partial charge on any atom is 0.254 e. The number of nitrogens with zero attached hydrogens (tertiary/aromatic N) is 1. The first-order valence-corrected chi connectivity index (χ1v) is 10.3. The zero-order chi connectivity index (χ0) is 18.4. The summed E-state index contributed by atoms with van der Waals surface area (Å²) >= 11 is 7.34. The first-order chi connectivity index (χ1) is 11.9. The molecule has 2 rings (SSSR count). The number of halogens is 1. The summed E-state index contributed by atoms with van der Waals surface area (Å²) in [6.45, 7) is 6.39. The Hall–Kier alpha value is -1.67. The van der Waals surface area contributed by atoms with E-state index in [1.807, 2.05) is 6.07 Å². The van der Waals surface area contributed by atoms with Gasteiger partial charge in [-0.1, -0.05) is 30.7 Å². The second kappa shape index (κ2) is 8.62. The molecule has 0 spiro atoms. The fraction of sp³-hybridized carbons (Fsp3) is 0.235. The van der Waals surface area contributed by atoms with E-state index in [-0.39, 0.29) is 17.3 Å². The lowest BCUT2D eigenvalue weighted by atomic mass is 10.2. The summed E-state index contributed by atoms with van der Waals surface area (Å²) in [5, 5.41) is 0. The number of hydrogen-bond donors (Lipinski definition) is 1. The van der Waals surface area contributed by atoms with Crippen molar-refractivity contribution in [2.24, 2.45) is 0 Å². The van der Waals surface area contributed by atoms with Gasteiger partial charge in [0, 0.05) is 23.5 Å². The van der Waals surface area contributed by atoms with Crippen LogP contribution in [0.5, 0.6) is 0 Å². The standard InChI is InChI=1S/C17H19ClN2O3S2/c1-3-10-20(12-14-8-9-16(18)24-14)17(21)13-6-5-7-15(11-13)25(22,23)19-4-2/h3,5-9,11,19H,1,4,10,12H2,2H3. The molecular weight excluding hydrogens is 380 g/mol. The molecule has 1 amide bonds. The van der Waals surface area contributed by atoms with Gasteiger partial charge in [-0.3, -0.25) is 4.79 Å². The van der Waals surface area contributed by atoms with Crippen LogP contribution in [-0.2, 0) is 16.6 Å². The minimum atomic E-state index is -3.62. The van der Waals surface area contributed by atoms with Crippen LogP contribution < -0.4 is 4.72 Å². The SMILES string of the molecule is C=CCN(Cc1ccc(Cl)s1)C(=O)c1cccc(S(=O)(=O)NCC)c1. The minimum absolute atomic E-state index is 0.0675. The van der Waals surface area contributed by atoms with Gasteiger partial charge >= 0.3 is 0 Å². The van der Waals surface area contributed by atoms with Gasteiger partial charge in [-0.15, -0.1) is 17.9 Å². The number of benzene rings is 1. The molecule has 0 fully saturated rings. The van der Waals surface area contributed by atoms with Crippen molar-refractivity contribution in [3.63, 3.8) is 0 Å². The van der Waals surface area contributed by atoms with E-state index in [4.69, 9.17) is 11.6 Å². The number of carbonyl (C=O) groups is 1. The largest absolute Gasteiger partial charge is 0.330 e. The summed E-state index contributed by atoms with van der Waals surface area (Å²) in [5.74, 6) is -0.266. The van der Waals surface area contributed by atoms with Crippen LogP contribution in [0.1, 0.15) is 22.2 Å². The topological polar surface area (TPSA) is 66.5 Å². The number of carbonyl (C=O) groups excluding carboxylic acids is 1. The average Bonchev–Trinajstić information content (AvgIpc) is 2.99. The molecule has 0 aliphatic heterocycles. The summed E-state index contributed by atoms with van der Waals surface area (Å²) in [4.78, 5) is 15.4. The monoisotopic (exact) mass is 398 g/mol. The van der Waals surface area contributed by atoms with Crippen LogP contribution >= 0.6 is 22.9 Å². The Morgan fingerprint density at radius 3 is 2.72 bits per heavy atom. The van der Waals surface area contributed by atoms with E-state index in [2.05, 4.69) is 11.3 Å². The summed E-state index contributed by atoms with van der Waals surface area (Å²) in [5.41, 5.74) is 0.309. The van der Waals surface area contributed by atoms with Crippen LogP contribution in [0.2, 0.25) is 4.34 Å². The Bertz CT molecular complexity index is 862. The molecule has 2 aromatic rings. The summed E-state index contributed by atoms with van der Waals surface area (Å²) in [7, 11) is -3.62. The number of thiophene rings is 1. The highest BCUT2D eigenvalue weighted by molar-refractivity contribution is 7.89. The Labute approximate surface area is 157 Å². The van der Waals surface area contributed by atoms with Crippen molar-refractivity contribution in [3.05, 3.63) is 63.8 Å². The Morgan fingerprint density at radius 2 is 2.12 bits per heavy atom. The molecule has 0 bridgehead atoms. The van der Waals surface area contributed by atoms with E-state index in [9.17, 15) is 13.2 Å². The predicted molar refractivity (Wildman–Crippen MR) is 102 cm³/mol. The lowest BCUT2D eigenvalue weighted by Crippen LogP contribution is -2.30. The van der Waals surface area contributed by atoms with Gasteiger partial charge in [0.05, 0.1) is 15.8 Å². The molecule has 0 unspecified atom stereocenters. The zero-order valence-corrected chi connectivity index (χ0v) is 16.1. The molecule has 1 N–H and O–H groups in total. The van der Waals surface area contributed by atoms with Crippen molar-refractivity contribution >= 4 is 38.9 Å². The molecule has 1 aromatic heterocycles. The van der Waals surface area contributed by atoms with Crippen molar-refractivity contribution in [1.29, 1.82) is 0 Å². The molecule has 0 aliphatic carbocycles. The number of hydrogen-bond acceptors (Lipinski definition) is 4. The van der Waals surface area contributed by atoms with Crippen molar-refractivity contribution < 1.29 is 13.2 Å². The van der Waals surface area contributed by atoms with Crippen LogP contribution in [0.25, 0.3) is 0 Å². The van der Waals surface area contributed by atoms with Gasteiger partial charge in [0.2, 0.25) is 10.0 Å². The molecule has 0 saturated carbocycles. The fourth-order valence-corrected chi connectivity index (χ4v) is 4.44. The molecule has 1 heterocycles. The number of sulfonamides is 1. The molecule has 0 aliphatic rings. The molecule has 0 radical (unpaired) electrons. The quantitative estimate of drug-likeness (QED) is 0.692. The highest BCUT2D eigenvalue weighted by atomic mass is 35.5.